The number of aliphatic hydroxyl groups is 1. The van der Waals surface area contributed by atoms with Crippen LogP contribution in [0.2, 0.25) is 0 Å². The molecule has 3 unspecified atom stereocenters. The van der Waals surface area contributed by atoms with Crippen LogP contribution >= 0.6 is 0 Å². The molecule has 0 saturated carbocycles. The van der Waals surface area contributed by atoms with E-state index in [0.29, 0.717) is 25.6 Å². The van der Waals surface area contributed by atoms with Crippen molar-refractivity contribution in [1.29, 1.82) is 0 Å². The first kappa shape index (κ1) is 23.7. The SMILES string of the molecule is CCOc1nn(CCO)c2c1/C=C/c1[nH]nc3ccc(cc13)-c1cnn(C)c1OC1CCCN(C2)C1C. The molecule has 0 aliphatic carbocycles. The molecule has 1 aromatic carbocycles. The van der Waals surface area contributed by atoms with Crippen molar-refractivity contribution in [1.82, 2.24) is 34.7 Å². The van der Waals surface area contributed by atoms with Crippen molar-refractivity contribution in [2.75, 3.05) is 19.8 Å². The van der Waals surface area contributed by atoms with Crippen molar-refractivity contribution in [2.24, 2.45) is 7.05 Å². The number of nitrogens with one attached hydrogen (secondary N) is 1. The number of H-pyrrole nitrogens is 1. The molecular weight excluding hydrogens is 470 g/mol. The van der Waals surface area contributed by atoms with E-state index in [2.05, 4.69) is 45.3 Å². The minimum atomic E-state index is 0.00190. The number of aliphatic hydroxyl groups excluding tert-OH is 1. The van der Waals surface area contributed by atoms with Crippen LogP contribution in [-0.4, -0.2) is 71.7 Å². The Balaban J connectivity index is 1.55. The Morgan fingerprint density at radius 2 is 2.16 bits per heavy atom. The third-order valence-corrected chi connectivity index (χ3v) is 7.52. The average Bonchev–Trinajstić information content (AvgIpc) is 3.56. The predicted molar refractivity (Wildman–Crippen MR) is 141 cm³/mol. The summed E-state index contributed by atoms with van der Waals surface area (Å²) in [7, 11) is 1.93. The summed E-state index contributed by atoms with van der Waals surface area (Å²) >= 11 is 0. The van der Waals surface area contributed by atoms with Gasteiger partial charge in [-0.05, 0) is 63.1 Å². The number of rotatable bonds is 4. The van der Waals surface area contributed by atoms with Crippen molar-refractivity contribution in [3.05, 3.63) is 41.3 Å². The van der Waals surface area contributed by atoms with Gasteiger partial charge in [-0.25, -0.2) is 4.68 Å². The molecule has 4 aromatic rings. The van der Waals surface area contributed by atoms with Crippen molar-refractivity contribution in [2.45, 2.75) is 51.9 Å². The lowest BCUT2D eigenvalue weighted by Crippen LogP contribution is -2.48. The zero-order chi connectivity index (χ0) is 25.5. The molecule has 10 heteroatoms. The number of fused-ring (bicyclic) bond motifs is 6. The number of aromatic nitrogens is 6. The van der Waals surface area contributed by atoms with Gasteiger partial charge in [0.05, 0.1) is 54.0 Å². The van der Waals surface area contributed by atoms with Gasteiger partial charge >= 0.3 is 0 Å². The number of nitrogens with zero attached hydrogens (tertiary/aromatic N) is 6. The molecule has 2 aliphatic heterocycles. The molecule has 4 bridgehead atoms. The fraction of sp³-hybridized carbons (Fsp3) is 0.444. The van der Waals surface area contributed by atoms with E-state index in [1.54, 1.807) is 0 Å². The molecule has 194 valence electrons. The highest BCUT2D eigenvalue weighted by atomic mass is 16.5. The van der Waals surface area contributed by atoms with Gasteiger partial charge in [-0.1, -0.05) is 6.07 Å². The van der Waals surface area contributed by atoms with Gasteiger partial charge in [-0.15, -0.1) is 5.10 Å². The maximum atomic E-state index is 9.77. The van der Waals surface area contributed by atoms with Gasteiger partial charge in [0.1, 0.15) is 6.10 Å². The van der Waals surface area contributed by atoms with Gasteiger partial charge in [0, 0.05) is 25.0 Å². The van der Waals surface area contributed by atoms with Gasteiger partial charge in [0.2, 0.25) is 11.8 Å². The molecule has 0 radical (unpaired) electrons. The molecule has 2 N–H and O–H groups in total. The van der Waals surface area contributed by atoms with E-state index in [1.807, 2.05) is 41.7 Å². The lowest BCUT2D eigenvalue weighted by molar-refractivity contribution is 0.0253. The summed E-state index contributed by atoms with van der Waals surface area (Å²) in [4.78, 5) is 2.44. The molecule has 6 rings (SSSR count). The summed E-state index contributed by atoms with van der Waals surface area (Å²) in [5, 5.41) is 27.7. The summed E-state index contributed by atoms with van der Waals surface area (Å²) in [5.41, 5.74) is 5.73. The Kier molecular flexibility index (Phi) is 6.21. The zero-order valence-corrected chi connectivity index (χ0v) is 21.5. The summed E-state index contributed by atoms with van der Waals surface area (Å²) < 4.78 is 16.4. The van der Waals surface area contributed by atoms with E-state index < -0.39 is 0 Å². The quantitative estimate of drug-likeness (QED) is 0.439. The molecule has 2 aliphatic rings. The van der Waals surface area contributed by atoms with E-state index in [-0.39, 0.29) is 18.8 Å². The number of piperidine rings is 1. The Labute approximate surface area is 215 Å². The molecule has 10 nitrogen and oxygen atoms in total. The fourth-order valence-electron chi connectivity index (χ4n) is 5.49. The molecule has 3 atom stereocenters. The minimum absolute atomic E-state index is 0.00190. The Hall–Kier alpha value is -3.63. The molecule has 5 heterocycles. The van der Waals surface area contributed by atoms with Crippen molar-refractivity contribution >= 4 is 23.1 Å². The monoisotopic (exact) mass is 503 g/mol. The number of hydrogen-bond donors (Lipinski definition) is 2. The standard InChI is InChI=1S/C27H33N7O3/c1-4-36-26-19-8-10-23-20-14-18(7-9-22(20)29-30-23)21-15-28-32(3)27(21)37-25-6-5-11-33(17(25)2)16-24(19)34(31-26)12-13-35/h7-10,14-15,17,25,35H,4-6,11-13,16H2,1-3H3,(H,29,30)/b10-8+. The summed E-state index contributed by atoms with van der Waals surface area (Å²) in [6.07, 6.45) is 7.98. The Morgan fingerprint density at radius 3 is 3.00 bits per heavy atom. The van der Waals surface area contributed by atoms with Crippen LogP contribution in [0.25, 0.3) is 34.2 Å². The lowest BCUT2D eigenvalue weighted by atomic mass is 9.99. The highest BCUT2D eigenvalue weighted by Gasteiger charge is 2.33. The normalized spacial score (nSPS) is 22.1. The number of aryl methyl sites for hydroxylation is 1. The van der Waals surface area contributed by atoms with E-state index in [0.717, 1.165) is 64.2 Å². The largest absolute Gasteiger partial charge is 0.476 e. The summed E-state index contributed by atoms with van der Waals surface area (Å²) in [5.74, 6) is 1.35. The number of hydrogen-bond acceptors (Lipinski definition) is 7. The van der Waals surface area contributed by atoms with Crippen molar-refractivity contribution in [3.8, 4) is 22.9 Å². The van der Waals surface area contributed by atoms with Gasteiger partial charge in [-0.2, -0.15) is 10.2 Å². The number of aromatic amines is 1. The maximum Gasteiger partial charge on any atom is 0.240 e. The van der Waals surface area contributed by atoms with Crippen LogP contribution in [0.5, 0.6) is 11.8 Å². The van der Waals surface area contributed by atoms with Crippen LogP contribution in [-0.2, 0) is 20.1 Å². The Morgan fingerprint density at radius 1 is 1.27 bits per heavy atom. The van der Waals surface area contributed by atoms with Crippen molar-refractivity contribution < 1.29 is 14.6 Å². The van der Waals surface area contributed by atoms with E-state index >= 15 is 0 Å². The van der Waals surface area contributed by atoms with Crippen LogP contribution in [0, 0.1) is 0 Å². The van der Waals surface area contributed by atoms with Crippen molar-refractivity contribution in [3.63, 3.8) is 0 Å². The molecule has 1 saturated heterocycles. The Bertz CT molecular complexity index is 1450. The van der Waals surface area contributed by atoms with E-state index in [1.165, 1.54) is 0 Å². The first-order chi connectivity index (χ1) is 18.1. The predicted octanol–water partition coefficient (Wildman–Crippen LogP) is 3.47. The summed E-state index contributed by atoms with van der Waals surface area (Å²) in [6.45, 7) is 6.73. The third-order valence-electron chi connectivity index (χ3n) is 7.52. The zero-order valence-electron chi connectivity index (χ0n) is 21.5. The smallest absolute Gasteiger partial charge is 0.240 e. The van der Waals surface area contributed by atoms with Gasteiger partial charge in [0.15, 0.2) is 0 Å². The van der Waals surface area contributed by atoms with Crippen LogP contribution in [0.4, 0.5) is 0 Å². The molecule has 0 amide bonds. The van der Waals surface area contributed by atoms with Crippen LogP contribution in [0.1, 0.15) is 43.6 Å². The van der Waals surface area contributed by atoms with Gasteiger partial charge in [0.25, 0.3) is 0 Å². The third kappa shape index (κ3) is 4.19. The topological polar surface area (TPSA) is 106 Å². The average molecular weight is 504 g/mol. The summed E-state index contributed by atoms with van der Waals surface area (Å²) in [6, 6.07) is 6.40. The maximum absolute atomic E-state index is 9.77. The van der Waals surface area contributed by atoms with Crippen LogP contribution in [0.15, 0.2) is 24.4 Å². The lowest BCUT2D eigenvalue weighted by Gasteiger charge is -2.39. The second-order valence-electron chi connectivity index (χ2n) is 9.74. The molecular formula is C27H33N7O3. The van der Waals surface area contributed by atoms with E-state index in [4.69, 9.17) is 14.6 Å². The molecule has 37 heavy (non-hydrogen) atoms. The second-order valence-corrected chi connectivity index (χ2v) is 9.74. The highest BCUT2D eigenvalue weighted by Crippen LogP contribution is 2.36. The fourth-order valence-corrected chi connectivity index (χ4v) is 5.49. The highest BCUT2D eigenvalue weighted by molar-refractivity contribution is 5.93. The minimum Gasteiger partial charge on any atom is -0.476 e. The first-order valence-electron chi connectivity index (χ1n) is 13.0. The first-order valence-corrected chi connectivity index (χ1v) is 13.0. The van der Waals surface area contributed by atoms with Crippen LogP contribution in [0.3, 0.4) is 0 Å². The molecule has 3 aromatic heterocycles. The van der Waals surface area contributed by atoms with Gasteiger partial charge in [-0.3, -0.25) is 14.7 Å². The molecule has 0 spiro atoms. The van der Waals surface area contributed by atoms with E-state index in [9.17, 15) is 5.11 Å². The van der Waals surface area contributed by atoms with Gasteiger partial charge < -0.3 is 14.6 Å². The number of benzene rings is 1. The number of ether oxygens (including phenoxy) is 2. The second kappa shape index (κ2) is 9.68. The molecule has 1 fully saturated rings. The van der Waals surface area contributed by atoms with Crippen LogP contribution < -0.4 is 9.47 Å².